The molecule has 1 rings (SSSR count). The zero-order valence-corrected chi connectivity index (χ0v) is 18.2. The van der Waals surface area contributed by atoms with Gasteiger partial charge in [-0.2, -0.15) is 0 Å². The molecule has 1 aromatic carbocycles. The fraction of sp³-hybridized carbons (Fsp3) is 0.611. The van der Waals surface area contributed by atoms with Crippen LogP contribution in [0.1, 0.15) is 69.6 Å². The molecule has 0 heterocycles. The Bertz CT molecular complexity index is 379. The second-order valence-electron chi connectivity index (χ2n) is 5.78. The van der Waals surface area contributed by atoms with E-state index in [1.807, 2.05) is 0 Å². The zero-order chi connectivity index (χ0) is 15.5. The molecule has 21 heavy (non-hydrogen) atoms. The molecule has 0 aliphatic rings. The Hall–Kier alpha value is -0.128. The number of hydrogen-bond donors (Lipinski definition) is 0. The molecule has 1 aromatic rings. The molecule has 0 saturated carbocycles. The van der Waals surface area contributed by atoms with Crippen LogP contribution in [0.25, 0.3) is 0 Å². The molecular weight excluding hydrogens is 489 g/mol. The average molecular weight is 517 g/mol. The Morgan fingerprint density at radius 3 is 2.19 bits per heavy atom. The third kappa shape index (κ3) is 11.1. The van der Waals surface area contributed by atoms with Gasteiger partial charge >= 0.3 is 0 Å². The molecule has 118 valence electrons. The third-order valence-corrected chi connectivity index (χ3v) is 3.17. The van der Waals surface area contributed by atoms with Crippen molar-refractivity contribution in [2.45, 2.75) is 66.7 Å². The van der Waals surface area contributed by atoms with Gasteiger partial charge in [0.05, 0.1) is 6.29 Å². The van der Waals surface area contributed by atoms with Crippen molar-refractivity contribution < 1.29 is 40.3 Å². The summed E-state index contributed by atoms with van der Waals surface area (Å²) < 4.78 is 12.8. The van der Waals surface area contributed by atoms with Gasteiger partial charge in [-0.3, -0.25) is 4.39 Å². The predicted octanol–water partition coefficient (Wildman–Crippen LogP) is 5.51. The van der Waals surface area contributed by atoms with Crippen molar-refractivity contribution in [1.29, 1.82) is 0 Å². The summed E-state index contributed by atoms with van der Waals surface area (Å²) in [6, 6.07) is 3.08. The number of unbranched alkanes of at least 4 members (excludes halogenated alkanes) is 3. The van der Waals surface area contributed by atoms with Crippen molar-refractivity contribution in [1.82, 2.24) is 0 Å². The Morgan fingerprint density at radius 2 is 1.76 bits per heavy atom. The number of carbonyl (C=O) groups excluding carboxylic acids is 1. The fourth-order valence-electron chi connectivity index (χ4n) is 2.02. The molecule has 0 N–H and O–H groups in total. The molecule has 0 spiro atoms. The van der Waals surface area contributed by atoms with Crippen LogP contribution in [0, 0.1) is 56.7 Å². The summed E-state index contributed by atoms with van der Waals surface area (Å²) >= 11 is 0. The molecule has 0 bridgehead atoms. The number of halogens is 1. The van der Waals surface area contributed by atoms with E-state index < -0.39 is 5.82 Å². The first-order chi connectivity index (χ1) is 9.42. The molecule has 0 aliphatic carbocycles. The monoisotopic (exact) mass is 517 g/mol. The SMILES string of the molecule is CCCCCCC(C)C.Cc1cc(C)c([C-]=O)c(F)c1.[U]. The second kappa shape index (κ2) is 13.5. The quantitative estimate of drug-likeness (QED) is 0.359. The van der Waals surface area contributed by atoms with E-state index in [9.17, 15) is 9.18 Å². The van der Waals surface area contributed by atoms with Gasteiger partial charge in [0.2, 0.25) is 0 Å². The van der Waals surface area contributed by atoms with Gasteiger partial charge in [0.15, 0.2) is 0 Å². The summed E-state index contributed by atoms with van der Waals surface area (Å²) in [6.45, 7) is 10.3. The average Bonchev–Trinajstić information content (AvgIpc) is 2.34. The van der Waals surface area contributed by atoms with Crippen LogP contribution >= 0.6 is 0 Å². The van der Waals surface area contributed by atoms with E-state index in [1.165, 1.54) is 38.2 Å². The first kappa shape index (κ1) is 23.1. The minimum absolute atomic E-state index is 0. The Balaban J connectivity index is 0. The van der Waals surface area contributed by atoms with Gasteiger partial charge in [0.1, 0.15) is 0 Å². The van der Waals surface area contributed by atoms with E-state index in [4.69, 9.17) is 0 Å². The predicted molar refractivity (Wildman–Crippen MR) is 84.3 cm³/mol. The van der Waals surface area contributed by atoms with Crippen molar-refractivity contribution >= 4 is 6.29 Å². The molecule has 0 aliphatic heterocycles. The summed E-state index contributed by atoms with van der Waals surface area (Å²) in [5.41, 5.74) is 1.49. The van der Waals surface area contributed by atoms with E-state index in [0.29, 0.717) is 5.56 Å². The standard InChI is InChI=1S/C9H8FO.C9H20.U/c1-6-3-7(2)8(5-11)9(10)4-6;1-4-5-6-7-8-9(2)3;/h3-4H,1-2H3;9H,4-8H2,1-3H3;/q-1;;. The topological polar surface area (TPSA) is 17.1 Å². The number of aryl methyl sites for hydroxylation is 2. The van der Waals surface area contributed by atoms with Crippen LogP contribution in [0.2, 0.25) is 0 Å². The largest absolute Gasteiger partial charge is 0.376 e. The van der Waals surface area contributed by atoms with Gasteiger partial charge in [-0.25, -0.2) is 0 Å². The van der Waals surface area contributed by atoms with Crippen LogP contribution in [0.4, 0.5) is 4.39 Å². The maximum Gasteiger partial charge on any atom is 0.0657 e. The smallest absolute Gasteiger partial charge is 0.0657 e. The van der Waals surface area contributed by atoms with Crippen LogP contribution in [0.3, 0.4) is 0 Å². The van der Waals surface area contributed by atoms with Gasteiger partial charge in [0, 0.05) is 36.9 Å². The van der Waals surface area contributed by atoms with Gasteiger partial charge in [-0.1, -0.05) is 71.4 Å². The van der Waals surface area contributed by atoms with Gasteiger partial charge in [0.25, 0.3) is 0 Å². The van der Waals surface area contributed by atoms with Crippen molar-refractivity contribution in [3.8, 4) is 0 Å². The molecule has 0 radical (unpaired) electrons. The molecule has 0 aromatic heterocycles. The van der Waals surface area contributed by atoms with Gasteiger partial charge in [-0.05, 0) is 12.8 Å². The van der Waals surface area contributed by atoms with E-state index >= 15 is 0 Å². The molecule has 3 heteroatoms. The van der Waals surface area contributed by atoms with Crippen molar-refractivity contribution in [2.24, 2.45) is 5.92 Å². The Kier molecular flexibility index (Phi) is 14.9. The maximum atomic E-state index is 12.8. The second-order valence-corrected chi connectivity index (χ2v) is 5.78. The minimum atomic E-state index is -0.488. The number of rotatable bonds is 6. The van der Waals surface area contributed by atoms with Crippen LogP contribution in [0.5, 0.6) is 0 Å². The van der Waals surface area contributed by atoms with E-state index in [0.717, 1.165) is 11.5 Å². The first-order valence-corrected chi connectivity index (χ1v) is 7.57. The summed E-state index contributed by atoms with van der Waals surface area (Å²) in [4.78, 5) is 10.2. The van der Waals surface area contributed by atoms with Gasteiger partial charge in [-0.15, -0.1) is 17.2 Å². The number of hydrogen-bond acceptors (Lipinski definition) is 1. The van der Waals surface area contributed by atoms with Crippen LogP contribution in [0.15, 0.2) is 12.1 Å². The molecular formula is C18H28FOU-. The summed E-state index contributed by atoms with van der Waals surface area (Å²) in [6.07, 6.45) is 8.64. The molecule has 1 nitrogen and oxygen atoms in total. The number of benzene rings is 1. The Morgan fingerprint density at radius 1 is 1.14 bits per heavy atom. The van der Waals surface area contributed by atoms with Crippen molar-refractivity contribution in [3.05, 3.63) is 34.6 Å². The fourth-order valence-corrected chi connectivity index (χ4v) is 2.02. The molecule has 0 saturated heterocycles. The summed E-state index contributed by atoms with van der Waals surface area (Å²) in [5, 5.41) is 0. The van der Waals surface area contributed by atoms with Crippen LogP contribution in [-0.4, -0.2) is 6.29 Å². The Labute approximate surface area is 153 Å². The summed E-state index contributed by atoms with van der Waals surface area (Å²) in [7, 11) is 0. The third-order valence-electron chi connectivity index (χ3n) is 3.17. The van der Waals surface area contributed by atoms with Crippen molar-refractivity contribution in [3.63, 3.8) is 0 Å². The van der Waals surface area contributed by atoms with Crippen molar-refractivity contribution in [2.75, 3.05) is 0 Å². The first-order valence-electron chi connectivity index (χ1n) is 7.57. The maximum absolute atomic E-state index is 12.8. The van der Waals surface area contributed by atoms with E-state index in [2.05, 4.69) is 20.8 Å². The molecule has 0 fully saturated rings. The molecule has 0 atom stereocenters. The molecule has 0 amide bonds. The zero-order valence-electron chi connectivity index (χ0n) is 14.1. The van der Waals surface area contributed by atoms with E-state index in [-0.39, 0.29) is 36.7 Å². The van der Waals surface area contributed by atoms with Gasteiger partial charge < -0.3 is 4.79 Å². The minimum Gasteiger partial charge on any atom is -0.376 e. The molecule has 0 unspecified atom stereocenters. The normalized spacial score (nSPS) is 9.67. The summed E-state index contributed by atoms with van der Waals surface area (Å²) in [5.74, 6) is 0.416. The van der Waals surface area contributed by atoms with Crippen LogP contribution in [-0.2, 0) is 4.79 Å². The van der Waals surface area contributed by atoms with Crippen LogP contribution < -0.4 is 0 Å². The van der Waals surface area contributed by atoms with E-state index in [1.54, 1.807) is 26.2 Å².